The molecule has 1 aliphatic heterocycles. The van der Waals surface area contributed by atoms with Crippen LogP contribution in [0.3, 0.4) is 0 Å². The van der Waals surface area contributed by atoms with E-state index in [1.807, 2.05) is 12.1 Å². The first kappa shape index (κ1) is 12.2. The first-order valence-electron chi connectivity index (χ1n) is 6.60. The van der Waals surface area contributed by atoms with E-state index < -0.39 is 0 Å². The van der Waals surface area contributed by atoms with Crippen molar-refractivity contribution in [1.82, 2.24) is 0 Å². The van der Waals surface area contributed by atoms with Crippen LogP contribution in [0, 0.1) is 5.92 Å². The predicted octanol–water partition coefficient (Wildman–Crippen LogP) is 3.59. The van der Waals surface area contributed by atoms with Gasteiger partial charge in [-0.15, -0.1) is 0 Å². The third-order valence-corrected chi connectivity index (χ3v) is 3.64. The molecule has 1 aliphatic rings. The second kappa shape index (κ2) is 5.35. The molecule has 2 nitrogen and oxygen atoms in total. The van der Waals surface area contributed by atoms with E-state index in [4.69, 9.17) is 0 Å². The number of rotatable bonds is 4. The fourth-order valence-corrected chi connectivity index (χ4v) is 2.68. The fraction of sp³-hybridized carbons (Fsp3) is 0.533. The summed E-state index contributed by atoms with van der Waals surface area (Å²) in [5.74, 6) is 0.714. The van der Waals surface area contributed by atoms with E-state index in [1.165, 1.54) is 5.56 Å². The molecule has 0 aromatic heterocycles. The lowest BCUT2D eigenvalue weighted by atomic mass is 9.82. The molecular weight excluding hydrogens is 210 g/mol. The maximum absolute atomic E-state index is 12.4. The van der Waals surface area contributed by atoms with Gasteiger partial charge in [-0.1, -0.05) is 38.5 Å². The highest BCUT2D eigenvalue weighted by molar-refractivity contribution is 5.89. The summed E-state index contributed by atoms with van der Waals surface area (Å²) in [6.07, 6.45) is 3.02. The highest BCUT2D eigenvalue weighted by Gasteiger charge is 2.28. The molecule has 2 atom stereocenters. The van der Waals surface area contributed by atoms with Crippen LogP contribution >= 0.6 is 0 Å². The van der Waals surface area contributed by atoms with Gasteiger partial charge in [0, 0.05) is 24.1 Å². The Morgan fingerprint density at radius 3 is 3.00 bits per heavy atom. The maximum atomic E-state index is 12.4. The molecular formula is C15H21NO. The molecule has 17 heavy (non-hydrogen) atoms. The molecule has 0 saturated heterocycles. The summed E-state index contributed by atoms with van der Waals surface area (Å²) in [7, 11) is 0. The Morgan fingerprint density at radius 2 is 2.24 bits per heavy atom. The topological polar surface area (TPSA) is 29.1 Å². The van der Waals surface area contributed by atoms with E-state index in [1.54, 1.807) is 0 Å². The molecule has 1 N–H and O–H groups in total. The molecule has 2 heteroatoms. The molecule has 0 spiro atoms. The van der Waals surface area contributed by atoms with Crippen LogP contribution in [0.25, 0.3) is 0 Å². The number of anilines is 1. The Labute approximate surface area is 103 Å². The quantitative estimate of drug-likeness (QED) is 0.858. The molecule has 0 bridgehead atoms. The molecule has 0 aliphatic carbocycles. The van der Waals surface area contributed by atoms with Crippen LogP contribution in [0.1, 0.15) is 44.6 Å². The predicted molar refractivity (Wildman–Crippen MR) is 71.4 cm³/mol. The van der Waals surface area contributed by atoms with Crippen molar-refractivity contribution in [2.24, 2.45) is 5.92 Å². The number of benzene rings is 1. The number of Topliss-reactive ketones (excluding diaryl/α,β-unsaturated/α-hetero) is 1. The SMILES string of the molecule is CCCC(C)C(=O)C1CCNc2ccccc21. The first-order valence-corrected chi connectivity index (χ1v) is 6.60. The second-order valence-corrected chi connectivity index (χ2v) is 4.95. The summed E-state index contributed by atoms with van der Waals surface area (Å²) in [4.78, 5) is 12.4. The molecule has 92 valence electrons. The van der Waals surface area contributed by atoms with E-state index in [-0.39, 0.29) is 11.8 Å². The van der Waals surface area contributed by atoms with Gasteiger partial charge in [0.2, 0.25) is 0 Å². The largest absolute Gasteiger partial charge is 0.385 e. The van der Waals surface area contributed by atoms with Gasteiger partial charge in [-0.05, 0) is 24.5 Å². The maximum Gasteiger partial charge on any atom is 0.143 e. The van der Waals surface area contributed by atoms with E-state index in [9.17, 15) is 4.79 Å². The van der Waals surface area contributed by atoms with Crippen LogP contribution < -0.4 is 5.32 Å². The summed E-state index contributed by atoms with van der Waals surface area (Å²) >= 11 is 0. The zero-order valence-corrected chi connectivity index (χ0v) is 10.7. The Hall–Kier alpha value is -1.31. The molecule has 0 amide bonds. The number of hydrogen-bond acceptors (Lipinski definition) is 2. The van der Waals surface area contributed by atoms with Crippen molar-refractivity contribution in [3.05, 3.63) is 29.8 Å². The Balaban J connectivity index is 2.20. The smallest absolute Gasteiger partial charge is 0.143 e. The summed E-state index contributed by atoms with van der Waals surface area (Å²) in [6.45, 7) is 5.11. The van der Waals surface area contributed by atoms with E-state index in [0.717, 1.165) is 31.5 Å². The van der Waals surface area contributed by atoms with Crippen molar-refractivity contribution in [2.45, 2.75) is 39.0 Å². The first-order chi connectivity index (χ1) is 8.24. The minimum atomic E-state index is 0.106. The van der Waals surface area contributed by atoms with Gasteiger partial charge in [-0.3, -0.25) is 4.79 Å². The monoisotopic (exact) mass is 231 g/mol. The van der Waals surface area contributed by atoms with Gasteiger partial charge in [0.15, 0.2) is 0 Å². The van der Waals surface area contributed by atoms with Crippen LogP contribution in [0.5, 0.6) is 0 Å². The second-order valence-electron chi connectivity index (χ2n) is 4.95. The summed E-state index contributed by atoms with van der Waals surface area (Å²) in [6, 6.07) is 8.20. The van der Waals surface area contributed by atoms with E-state index in [2.05, 4.69) is 31.3 Å². The van der Waals surface area contributed by atoms with Gasteiger partial charge in [0.25, 0.3) is 0 Å². The molecule has 0 saturated carbocycles. The molecule has 1 heterocycles. The highest BCUT2D eigenvalue weighted by Crippen LogP contribution is 2.34. The number of carbonyl (C=O) groups excluding carboxylic acids is 1. The zero-order valence-electron chi connectivity index (χ0n) is 10.7. The number of fused-ring (bicyclic) bond motifs is 1. The Kier molecular flexibility index (Phi) is 3.82. The molecule has 1 aromatic carbocycles. The average Bonchev–Trinajstić information content (AvgIpc) is 2.37. The van der Waals surface area contributed by atoms with Crippen LogP contribution in [-0.4, -0.2) is 12.3 Å². The number of para-hydroxylation sites is 1. The van der Waals surface area contributed by atoms with Gasteiger partial charge in [0.1, 0.15) is 5.78 Å². The fourth-order valence-electron chi connectivity index (χ4n) is 2.68. The molecule has 2 rings (SSSR count). The third-order valence-electron chi connectivity index (χ3n) is 3.64. The lowest BCUT2D eigenvalue weighted by Gasteiger charge is -2.27. The van der Waals surface area contributed by atoms with Gasteiger partial charge in [0.05, 0.1) is 0 Å². The Morgan fingerprint density at radius 1 is 1.47 bits per heavy atom. The van der Waals surface area contributed by atoms with Crippen LogP contribution in [0.2, 0.25) is 0 Å². The lowest BCUT2D eigenvalue weighted by Crippen LogP contribution is -2.26. The minimum absolute atomic E-state index is 0.106. The molecule has 1 aromatic rings. The average molecular weight is 231 g/mol. The lowest BCUT2D eigenvalue weighted by molar-refractivity contribution is -0.124. The summed E-state index contributed by atoms with van der Waals surface area (Å²) in [5.41, 5.74) is 2.33. The van der Waals surface area contributed by atoms with Crippen molar-refractivity contribution in [3.8, 4) is 0 Å². The number of nitrogens with one attached hydrogen (secondary N) is 1. The van der Waals surface area contributed by atoms with Crippen LogP contribution in [0.4, 0.5) is 5.69 Å². The Bertz CT molecular complexity index is 400. The van der Waals surface area contributed by atoms with Gasteiger partial charge in [-0.25, -0.2) is 0 Å². The number of carbonyl (C=O) groups is 1. The van der Waals surface area contributed by atoms with Crippen LogP contribution in [0.15, 0.2) is 24.3 Å². The van der Waals surface area contributed by atoms with Crippen molar-refractivity contribution in [1.29, 1.82) is 0 Å². The summed E-state index contributed by atoms with van der Waals surface area (Å²) in [5, 5.41) is 3.37. The van der Waals surface area contributed by atoms with E-state index in [0.29, 0.717) is 5.78 Å². The van der Waals surface area contributed by atoms with Gasteiger partial charge >= 0.3 is 0 Å². The van der Waals surface area contributed by atoms with Crippen molar-refractivity contribution >= 4 is 11.5 Å². The molecule has 0 fully saturated rings. The number of ketones is 1. The standard InChI is InChI=1S/C15H21NO/c1-3-6-11(2)15(17)13-9-10-16-14-8-5-4-7-12(13)14/h4-5,7-8,11,13,16H,3,6,9-10H2,1-2H3. The van der Waals surface area contributed by atoms with Crippen molar-refractivity contribution in [2.75, 3.05) is 11.9 Å². The van der Waals surface area contributed by atoms with Crippen molar-refractivity contribution in [3.63, 3.8) is 0 Å². The normalized spacial score (nSPS) is 20.2. The van der Waals surface area contributed by atoms with Gasteiger partial charge in [-0.2, -0.15) is 0 Å². The molecule has 0 radical (unpaired) electrons. The van der Waals surface area contributed by atoms with Crippen LogP contribution in [-0.2, 0) is 4.79 Å². The van der Waals surface area contributed by atoms with Gasteiger partial charge < -0.3 is 5.32 Å². The van der Waals surface area contributed by atoms with E-state index >= 15 is 0 Å². The third kappa shape index (κ3) is 2.51. The van der Waals surface area contributed by atoms with Crippen molar-refractivity contribution < 1.29 is 4.79 Å². The number of hydrogen-bond donors (Lipinski definition) is 1. The molecule has 2 unspecified atom stereocenters. The summed E-state index contributed by atoms with van der Waals surface area (Å²) < 4.78 is 0. The minimum Gasteiger partial charge on any atom is -0.385 e. The zero-order chi connectivity index (χ0) is 12.3. The highest BCUT2D eigenvalue weighted by atomic mass is 16.1.